The first-order valence-corrected chi connectivity index (χ1v) is 10.1. The van der Waals surface area contributed by atoms with Crippen LogP contribution in [0.3, 0.4) is 0 Å². The Bertz CT molecular complexity index is 1440. The average molecular weight is 504 g/mol. The van der Waals surface area contributed by atoms with Crippen LogP contribution in [0.5, 0.6) is 0 Å². The zero-order chi connectivity index (χ0) is 26.1. The summed E-state index contributed by atoms with van der Waals surface area (Å²) < 4.78 is 82.8. The number of halogens is 6. The van der Waals surface area contributed by atoms with Gasteiger partial charge in [-0.1, -0.05) is 42.5 Å². The number of rotatable bonds is 5. The summed E-state index contributed by atoms with van der Waals surface area (Å²) in [5, 5.41) is 13.7. The van der Waals surface area contributed by atoms with Crippen LogP contribution >= 0.6 is 0 Å². The number of alkyl halides is 6. The molecule has 1 N–H and O–H groups in total. The lowest BCUT2D eigenvalue weighted by molar-refractivity contribution is -0.137. The molecule has 0 spiro atoms. The van der Waals surface area contributed by atoms with Crippen LogP contribution in [0.15, 0.2) is 73.1 Å². The second kappa shape index (κ2) is 9.29. The zero-order valence-electron chi connectivity index (χ0n) is 17.9. The minimum Gasteiger partial charge on any atom is -0.478 e. The van der Waals surface area contributed by atoms with Crippen LogP contribution in [-0.2, 0) is 17.1 Å². The summed E-state index contributed by atoms with van der Waals surface area (Å²) >= 11 is 0. The van der Waals surface area contributed by atoms with E-state index >= 15 is 0 Å². The molecule has 2 aromatic heterocycles. The molecule has 0 saturated carbocycles. The molecule has 2 heterocycles. The molecular weight excluding hydrogens is 490 g/mol. The average Bonchev–Trinajstić information content (AvgIpc) is 3.25. The van der Waals surface area contributed by atoms with Crippen LogP contribution in [0.4, 0.5) is 26.3 Å². The molecule has 0 saturated heterocycles. The lowest BCUT2D eigenvalue weighted by Crippen LogP contribution is -2.09. The number of hydrogen-bond donors (Lipinski definition) is 1. The molecule has 0 atom stereocenters. The van der Waals surface area contributed by atoms with E-state index in [1.165, 1.54) is 36.7 Å². The molecule has 0 aliphatic carbocycles. The predicted molar refractivity (Wildman–Crippen MR) is 117 cm³/mol. The Kier molecular flexibility index (Phi) is 6.35. The van der Waals surface area contributed by atoms with Gasteiger partial charge in [-0.05, 0) is 18.2 Å². The fourth-order valence-corrected chi connectivity index (χ4v) is 3.46. The third-order valence-electron chi connectivity index (χ3n) is 5.03. The first-order valence-electron chi connectivity index (χ1n) is 10.1. The number of carboxylic acid groups (broad SMARTS) is 1. The maximum Gasteiger partial charge on any atom is 0.417 e. The van der Waals surface area contributed by atoms with Crippen molar-refractivity contribution in [3.63, 3.8) is 0 Å². The van der Waals surface area contributed by atoms with Crippen molar-refractivity contribution in [1.29, 1.82) is 0 Å². The largest absolute Gasteiger partial charge is 0.478 e. The smallest absolute Gasteiger partial charge is 0.417 e. The Morgan fingerprint density at radius 3 is 1.97 bits per heavy atom. The van der Waals surface area contributed by atoms with E-state index in [4.69, 9.17) is 0 Å². The highest BCUT2D eigenvalue weighted by Gasteiger charge is 2.37. The summed E-state index contributed by atoms with van der Waals surface area (Å²) in [7, 11) is 0. The molecular formula is C24H14F6N4O2. The third kappa shape index (κ3) is 4.97. The van der Waals surface area contributed by atoms with Gasteiger partial charge in [0.25, 0.3) is 0 Å². The molecule has 36 heavy (non-hydrogen) atoms. The normalized spacial score (nSPS) is 12.6. The van der Waals surface area contributed by atoms with Gasteiger partial charge >= 0.3 is 18.3 Å². The van der Waals surface area contributed by atoms with Gasteiger partial charge in [-0.2, -0.15) is 26.3 Å². The van der Waals surface area contributed by atoms with Gasteiger partial charge in [0.15, 0.2) is 11.6 Å². The van der Waals surface area contributed by atoms with Crippen molar-refractivity contribution in [3.8, 4) is 22.8 Å². The fourth-order valence-electron chi connectivity index (χ4n) is 3.46. The van der Waals surface area contributed by atoms with Gasteiger partial charge in [0.05, 0.1) is 16.7 Å². The summed E-state index contributed by atoms with van der Waals surface area (Å²) in [6.45, 7) is 0. The van der Waals surface area contributed by atoms with Crippen LogP contribution in [-0.4, -0.2) is 30.8 Å². The maximum atomic E-state index is 13.7. The van der Waals surface area contributed by atoms with Gasteiger partial charge in [0.2, 0.25) is 0 Å². The van der Waals surface area contributed by atoms with Crippen molar-refractivity contribution < 1.29 is 36.2 Å². The summed E-state index contributed by atoms with van der Waals surface area (Å²) in [6.07, 6.45) is -6.16. The van der Waals surface area contributed by atoms with Gasteiger partial charge in [-0.25, -0.2) is 14.5 Å². The highest BCUT2D eigenvalue weighted by molar-refractivity contribution is 6.19. The lowest BCUT2D eigenvalue weighted by atomic mass is 10.1. The molecule has 0 aliphatic rings. The number of nitrogens with zero attached hydrogens (tertiary/aromatic N) is 4. The van der Waals surface area contributed by atoms with Crippen molar-refractivity contribution in [2.24, 2.45) is 0 Å². The molecule has 12 heteroatoms. The van der Waals surface area contributed by atoms with Crippen molar-refractivity contribution in [2.45, 2.75) is 12.4 Å². The summed E-state index contributed by atoms with van der Waals surface area (Å²) in [5.41, 5.74) is -3.54. The number of carbonyl (C=O) groups is 1. The number of carboxylic acids is 1. The minimum absolute atomic E-state index is 0.0906. The van der Waals surface area contributed by atoms with Gasteiger partial charge in [0, 0.05) is 35.3 Å². The summed E-state index contributed by atoms with van der Waals surface area (Å²) in [4.78, 5) is 19.8. The fraction of sp³-hybridized carbons (Fsp3) is 0.0833. The zero-order valence-corrected chi connectivity index (χ0v) is 17.9. The number of pyridine rings is 1. The minimum atomic E-state index is -4.83. The topological polar surface area (TPSA) is 80.9 Å². The van der Waals surface area contributed by atoms with E-state index < -0.39 is 57.8 Å². The molecule has 0 aliphatic heterocycles. The van der Waals surface area contributed by atoms with E-state index in [1.54, 1.807) is 0 Å². The summed E-state index contributed by atoms with van der Waals surface area (Å²) in [5.74, 6) is -2.51. The number of aliphatic carboxylic acids is 1. The van der Waals surface area contributed by atoms with E-state index in [0.717, 1.165) is 47.3 Å². The molecule has 0 bridgehead atoms. The standard InChI is InChI=1S/C24H14F6N4O2/c25-23(26,27)18-9-3-1-7-15(18)20-32-21(16-8-2-4-10-19(16)24(28,29)30)34(33-20)13-17(22(35)36)14-6-5-11-31-12-14/h1-13H,(H,35,36). The van der Waals surface area contributed by atoms with Gasteiger partial charge in [-0.15, -0.1) is 5.10 Å². The Labute approximate surface area is 199 Å². The second-order valence-electron chi connectivity index (χ2n) is 7.38. The van der Waals surface area contributed by atoms with E-state index in [2.05, 4.69) is 15.1 Å². The van der Waals surface area contributed by atoms with Gasteiger partial charge in [0.1, 0.15) is 0 Å². The van der Waals surface area contributed by atoms with Crippen LogP contribution in [0.25, 0.3) is 34.5 Å². The van der Waals surface area contributed by atoms with E-state index in [1.807, 2.05) is 0 Å². The van der Waals surface area contributed by atoms with E-state index in [9.17, 15) is 36.2 Å². The number of aromatic nitrogens is 4. The molecule has 4 rings (SSSR count). The highest BCUT2D eigenvalue weighted by atomic mass is 19.4. The first-order chi connectivity index (χ1) is 17.0. The molecule has 0 radical (unpaired) electrons. The van der Waals surface area contributed by atoms with E-state index in [-0.39, 0.29) is 5.56 Å². The van der Waals surface area contributed by atoms with Gasteiger partial charge in [-0.3, -0.25) is 4.98 Å². The molecule has 4 aromatic rings. The Hall–Kier alpha value is -4.48. The van der Waals surface area contributed by atoms with Crippen molar-refractivity contribution in [2.75, 3.05) is 0 Å². The second-order valence-corrected chi connectivity index (χ2v) is 7.38. The number of hydrogen-bond acceptors (Lipinski definition) is 4. The monoisotopic (exact) mass is 504 g/mol. The first kappa shape index (κ1) is 24.6. The van der Waals surface area contributed by atoms with Gasteiger partial charge < -0.3 is 5.11 Å². The Balaban J connectivity index is 2.02. The van der Waals surface area contributed by atoms with Crippen molar-refractivity contribution >= 4 is 17.7 Å². The van der Waals surface area contributed by atoms with Crippen LogP contribution in [0.2, 0.25) is 0 Å². The highest BCUT2D eigenvalue weighted by Crippen LogP contribution is 2.39. The molecule has 2 aromatic carbocycles. The summed E-state index contributed by atoms with van der Waals surface area (Å²) in [6, 6.07) is 11.4. The molecule has 6 nitrogen and oxygen atoms in total. The maximum absolute atomic E-state index is 13.7. The third-order valence-corrected chi connectivity index (χ3v) is 5.03. The van der Waals surface area contributed by atoms with Crippen LogP contribution in [0, 0.1) is 0 Å². The number of benzene rings is 2. The predicted octanol–water partition coefficient (Wildman–Crippen LogP) is 6.13. The Morgan fingerprint density at radius 2 is 1.42 bits per heavy atom. The molecule has 184 valence electrons. The van der Waals surface area contributed by atoms with Crippen LogP contribution < -0.4 is 0 Å². The molecule has 0 amide bonds. The van der Waals surface area contributed by atoms with Crippen molar-refractivity contribution in [1.82, 2.24) is 19.7 Å². The van der Waals surface area contributed by atoms with Crippen molar-refractivity contribution in [3.05, 3.63) is 89.7 Å². The Morgan fingerprint density at radius 1 is 0.833 bits per heavy atom. The molecule has 0 fully saturated rings. The SMILES string of the molecule is O=C(O)C(=Cn1nc(-c2ccccc2C(F)(F)F)nc1-c1ccccc1C(F)(F)F)c1cccnc1. The lowest BCUT2D eigenvalue weighted by Gasteiger charge is -2.12. The quantitative estimate of drug-likeness (QED) is 0.261. The van der Waals surface area contributed by atoms with E-state index in [0.29, 0.717) is 0 Å². The molecule has 0 unspecified atom stereocenters. The van der Waals surface area contributed by atoms with Crippen LogP contribution in [0.1, 0.15) is 16.7 Å².